The highest BCUT2D eigenvalue weighted by Gasteiger charge is 2.17. The van der Waals surface area contributed by atoms with Crippen molar-refractivity contribution in [2.45, 2.75) is 13.3 Å². The fourth-order valence-corrected chi connectivity index (χ4v) is 4.09. The molecule has 0 radical (unpaired) electrons. The maximum atomic E-state index is 13.0. The van der Waals surface area contributed by atoms with Crippen LogP contribution in [0.4, 0.5) is 5.69 Å². The lowest BCUT2D eigenvalue weighted by Crippen LogP contribution is -2.14. The van der Waals surface area contributed by atoms with Crippen LogP contribution in [-0.2, 0) is 6.42 Å². The van der Waals surface area contributed by atoms with E-state index in [0.717, 1.165) is 21.8 Å². The lowest BCUT2D eigenvalue weighted by molar-refractivity contribution is 0.102. The van der Waals surface area contributed by atoms with E-state index in [1.165, 1.54) is 0 Å². The number of para-hydroxylation sites is 2. The molecule has 3 aromatic heterocycles. The van der Waals surface area contributed by atoms with Crippen LogP contribution in [-0.4, -0.2) is 25.8 Å². The van der Waals surface area contributed by atoms with Crippen LogP contribution in [0.2, 0.25) is 0 Å². The zero-order valence-electron chi connectivity index (χ0n) is 17.2. The number of thiophene rings is 1. The number of anilines is 1. The summed E-state index contributed by atoms with van der Waals surface area (Å²) in [5.41, 5.74) is 3.77. The Balaban J connectivity index is 1.36. The summed E-state index contributed by atoms with van der Waals surface area (Å²) >= 11 is 1.56. The van der Waals surface area contributed by atoms with Crippen LogP contribution < -0.4 is 5.32 Å². The summed E-state index contributed by atoms with van der Waals surface area (Å²) in [5.74, 6) is 0.838. The number of hydrogen-bond acceptors (Lipinski definition) is 6. The van der Waals surface area contributed by atoms with Gasteiger partial charge in [0.1, 0.15) is 0 Å². The van der Waals surface area contributed by atoms with E-state index >= 15 is 0 Å². The second-order valence-electron chi connectivity index (χ2n) is 7.17. The standard InChI is InChI=1S/C24H19N5O2S/c1-16-19(15-25-29(16)18-9-3-2-4-10-18)24(30)26-20-11-6-5-8-17(20)14-22-27-23(28-31-22)21-12-7-13-32-21/h2-13,15H,14H2,1H3,(H,26,30). The minimum Gasteiger partial charge on any atom is -0.339 e. The molecule has 0 aliphatic carbocycles. The summed E-state index contributed by atoms with van der Waals surface area (Å²) in [4.78, 5) is 18.5. The lowest BCUT2D eigenvalue weighted by Gasteiger charge is -2.10. The smallest absolute Gasteiger partial charge is 0.259 e. The van der Waals surface area contributed by atoms with E-state index in [1.807, 2.05) is 79.0 Å². The number of carbonyl (C=O) groups is 1. The molecule has 0 unspecified atom stereocenters. The van der Waals surface area contributed by atoms with E-state index < -0.39 is 0 Å². The van der Waals surface area contributed by atoms with Gasteiger partial charge in [0.15, 0.2) is 0 Å². The molecule has 5 rings (SSSR count). The number of nitrogens with zero attached hydrogens (tertiary/aromatic N) is 4. The molecule has 0 fully saturated rings. The van der Waals surface area contributed by atoms with Gasteiger partial charge in [0.2, 0.25) is 11.7 Å². The second kappa shape index (κ2) is 8.60. The maximum absolute atomic E-state index is 13.0. The molecule has 0 spiro atoms. The van der Waals surface area contributed by atoms with Gasteiger partial charge in [0.25, 0.3) is 5.91 Å². The first-order valence-electron chi connectivity index (χ1n) is 10.0. The molecule has 32 heavy (non-hydrogen) atoms. The fraction of sp³-hybridized carbons (Fsp3) is 0.0833. The molecule has 0 atom stereocenters. The highest BCUT2D eigenvalue weighted by Crippen LogP contribution is 2.24. The Hall–Kier alpha value is -4.04. The van der Waals surface area contributed by atoms with Crippen molar-refractivity contribution in [3.8, 4) is 16.4 Å². The summed E-state index contributed by atoms with van der Waals surface area (Å²) in [7, 11) is 0. The van der Waals surface area contributed by atoms with Gasteiger partial charge in [0.05, 0.1) is 34.4 Å². The molecule has 1 amide bonds. The summed E-state index contributed by atoms with van der Waals surface area (Å²) in [6.45, 7) is 1.88. The summed E-state index contributed by atoms with van der Waals surface area (Å²) < 4.78 is 7.18. The highest BCUT2D eigenvalue weighted by atomic mass is 32.1. The fourth-order valence-electron chi connectivity index (χ4n) is 3.44. The minimum absolute atomic E-state index is 0.220. The van der Waals surface area contributed by atoms with Gasteiger partial charge in [0, 0.05) is 5.69 Å². The van der Waals surface area contributed by atoms with Gasteiger partial charge in [-0.2, -0.15) is 10.1 Å². The molecule has 158 valence electrons. The average Bonchev–Trinajstić information content (AvgIpc) is 3.57. The quantitative estimate of drug-likeness (QED) is 0.395. The van der Waals surface area contributed by atoms with Crippen LogP contribution in [0, 0.1) is 6.92 Å². The molecule has 0 saturated heterocycles. The Kier molecular flexibility index (Phi) is 5.35. The first kappa shape index (κ1) is 19.9. The van der Waals surface area contributed by atoms with Gasteiger partial charge in [-0.3, -0.25) is 4.79 Å². The monoisotopic (exact) mass is 441 g/mol. The molecule has 0 bridgehead atoms. The third kappa shape index (κ3) is 3.95. The number of rotatable bonds is 6. The molecule has 2 aromatic carbocycles. The van der Waals surface area contributed by atoms with Gasteiger partial charge in [-0.15, -0.1) is 11.3 Å². The van der Waals surface area contributed by atoms with Crippen molar-refractivity contribution < 1.29 is 9.32 Å². The summed E-state index contributed by atoms with van der Waals surface area (Å²) in [6.07, 6.45) is 2.00. The predicted molar refractivity (Wildman–Crippen MR) is 123 cm³/mol. The highest BCUT2D eigenvalue weighted by molar-refractivity contribution is 7.13. The van der Waals surface area contributed by atoms with E-state index in [2.05, 4.69) is 20.6 Å². The van der Waals surface area contributed by atoms with Crippen LogP contribution in [0.25, 0.3) is 16.4 Å². The van der Waals surface area contributed by atoms with Crippen molar-refractivity contribution >= 4 is 22.9 Å². The SMILES string of the molecule is Cc1c(C(=O)Nc2ccccc2Cc2nc(-c3cccs3)no2)cnn1-c1ccccc1. The molecule has 7 nitrogen and oxygen atoms in total. The van der Waals surface area contributed by atoms with E-state index in [0.29, 0.717) is 29.4 Å². The molecule has 8 heteroatoms. The van der Waals surface area contributed by atoms with Crippen LogP contribution >= 0.6 is 11.3 Å². The summed E-state index contributed by atoms with van der Waals surface area (Å²) in [6, 6.07) is 21.2. The first-order valence-corrected chi connectivity index (χ1v) is 10.9. The molecular formula is C24H19N5O2S. The van der Waals surface area contributed by atoms with E-state index in [-0.39, 0.29) is 5.91 Å². The molecule has 0 aliphatic rings. The van der Waals surface area contributed by atoms with Gasteiger partial charge in [-0.25, -0.2) is 4.68 Å². The number of benzene rings is 2. The van der Waals surface area contributed by atoms with Gasteiger partial charge >= 0.3 is 0 Å². The van der Waals surface area contributed by atoms with Crippen molar-refractivity contribution in [2.75, 3.05) is 5.32 Å². The average molecular weight is 442 g/mol. The van der Waals surface area contributed by atoms with Crippen LogP contribution in [0.5, 0.6) is 0 Å². The normalized spacial score (nSPS) is 10.9. The molecule has 3 heterocycles. The van der Waals surface area contributed by atoms with Crippen LogP contribution in [0.15, 0.2) is 82.8 Å². The minimum atomic E-state index is -0.220. The van der Waals surface area contributed by atoms with Crippen LogP contribution in [0.3, 0.4) is 0 Å². The number of aromatic nitrogens is 4. The van der Waals surface area contributed by atoms with Crippen molar-refractivity contribution in [1.82, 2.24) is 19.9 Å². The maximum Gasteiger partial charge on any atom is 0.259 e. The number of hydrogen-bond donors (Lipinski definition) is 1. The Morgan fingerprint density at radius 2 is 1.88 bits per heavy atom. The summed E-state index contributed by atoms with van der Waals surface area (Å²) in [5, 5.41) is 13.4. The Bertz CT molecular complexity index is 1360. The molecule has 5 aromatic rings. The predicted octanol–water partition coefficient (Wildman–Crippen LogP) is 5.14. The van der Waals surface area contributed by atoms with Crippen molar-refractivity contribution in [1.29, 1.82) is 0 Å². The molecule has 0 saturated carbocycles. The number of nitrogens with one attached hydrogen (secondary N) is 1. The van der Waals surface area contributed by atoms with Gasteiger partial charge in [-0.05, 0) is 42.1 Å². The van der Waals surface area contributed by atoms with E-state index in [1.54, 1.807) is 22.2 Å². The Labute approximate surface area is 188 Å². The molecule has 0 aliphatic heterocycles. The van der Waals surface area contributed by atoms with Crippen molar-refractivity contribution in [3.05, 3.63) is 101 Å². The molecular weight excluding hydrogens is 422 g/mol. The Morgan fingerprint density at radius 3 is 2.69 bits per heavy atom. The largest absolute Gasteiger partial charge is 0.339 e. The zero-order chi connectivity index (χ0) is 21.9. The second-order valence-corrected chi connectivity index (χ2v) is 8.12. The third-order valence-electron chi connectivity index (χ3n) is 5.07. The Morgan fingerprint density at radius 1 is 1.06 bits per heavy atom. The third-order valence-corrected chi connectivity index (χ3v) is 5.94. The first-order chi connectivity index (χ1) is 15.7. The van der Waals surface area contributed by atoms with E-state index in [4.69, 9.17) is 4.52 Å². The zero-order valence-corrected chi connectivity index (χ0v) is 18.0. The van der Waals surface area contributed by atoms with Gasteiger partial charge in [-0.1, -0.05) is 47.6 Å². The number of amides is 1. The number of carbonyl (C=O) groups excluding carboxylic acids is 1. The lowest BCUT2D eigenvalue weighted by atomic mass is 10.1. The van der Waals surface area contributed by atoms with Crippen molar-refractivity contribution in [3.63, 3.8) is 0 Å². The topological polar surface area (TPSA) is 85.8 Å². The van der Waals surface area contributed by atoms with E-state index in [9.17, 15) is 4.79 Å². The van der Waals surface area contributed by atoms with Crippen LogP contribution in [0.1, 0.15) is 27.5 Å². The molecule has 1 N–H and O–H groups in total. The van der Waals surface area contributed by atoms with Gasteiger partial charge < -0.3 is 9.84 Å². The van der Waals surface area contributed by atoms with Crippen molar-refractivity contribution in [2.24, 2.45) is 0 Å².